The van der Waals surface area contributed by atoms with E-state index in [-0.39, 0.29) is 18.3 Å². The Kier molecular flexibility index (Phi) is 7.03. The molecule has 1 unspecified atom stereocenters. The summed E-state index contributed by atoms with van der Waals surface area (Å²) in [4.78, 5) is 33.7. The minimum atomic E-state index is -1.13. The third kappa shape index (κ3) is 5.79. The zero-order chi connectivity index (χ0) is 18.3. The number of rotatable bonds is 7. The zero-order valence-corrected chi connectivity index (χ0v) is 14.0. The van der Waals surface area contributed by atoms with Crippen LogP contribution in [0.1, 0.15) is 26.3 Å². The Morgan fingerprint density at radius 1 is 1.21 bits per heavy atom. The molecule has 2 N–H and O–H groups in total. The van der Waals surface area contributed by atoms with Crippen molar-refractivity contribution in [3.63, 3.8) is 0 Å². The van der Waals surface area contributed by atoms with Crippen molar-refractivity contribution >= 4 is 18.0 Å². The number of carboxylic acids is 1. The van der Waals surface area contributed by atoms with E-state index >= 15 is 0 Å². The molecule has 0 fully saturated rings. The van der Waals surface area contributed by atoms with Gasteiger partial charge in [-0.3, -0.25) is 4.79 Å². The van der Waals surface area contributed by atoms with E-state index in [0.717, 1.165) is 0 Å². The van der Waals surface area contributed by atoms with E-state index in [9.17, 15) is 14.4 Å². The lowest BCUT2D eigenvalue weighted by atomic mass is 10.1. The number of nitrogens with one attached hydrogen (secondary N) is 1. The summed E-state index contributed by atoms with van der Waals surface area (Å²) in [5.41, 5.74) is 0.592. The molecule has 0 aliphatic heterocycles. The van der Waals surface area contributed by atoms with Crippen LogP contribution in [0.25, 0.3) is 0 Å². The van der Waals surface area contributed by atoms with Crippen LogP contribution in [0.5, 0.6) is 11.5 Å². The smallest absolute Gasteiger partial charge is 0.408 e. The van der Waals surface area contributed by atoms with Crippen LogP contribution in [-0.2, 0) is 20.9 Å². The van der Waals surface area contributed by atoms with Gasteiger partial charge >= 0.3 is 18.0 Å². The lowest BCUT2D eigenvalue weighted by molar-refractivity contribution is -0.140. The van der Waals surface area contributed by atoms with E-state index in [4.69, 9.17) is 19.3 Å². The van der Waals surface area contributed by atoms with Crippen molar-refractivity contribution in [3.8, 4) is 11.5 Å². The molecule has 0 saturated heterocycles. The molecule has 1 aromatic rings. The average Bonchev–Trinajstić information content (AvgIpc) is 2.50. The van der Waals surface area contributed by atoms with Gasteiger partial charge in [0, 0.05) is 6.92 Å². The maximum absolute atomic E-state index is 11.7. The predicted octanol–water partition coefficient (Wildman–Crippen LogP) is 1.96. The number of ether oxygens (including phenoxy) is 3. The number of carbonyl (C=O) groups excluding carboxylic acids is 2. The van der Waals surface area contributed by atoms with E-state index in [2.05, 4.69) is 5.32 Å². The monoisotopic (exact) mass is 339 g/mol. The molecule has 0 aliphatic carbocycles. The number of alkyl carbamates (subject to hydrolysis) is 1. The normalized spacial score (nSPS) is 11.5. The van der Waals surface area contributed by atoms with E-state index < -0.39 is 24.1 Å². The summed E-state index contributed by atoms with van der Waals surface area (Å²) in [5, 5.41) is 11.3. The molecule has 0 saturated carbocycles. The standard InChI is InChI=1S/C16H21NO7/c1-9(2)14(15(19)20)17-16(21)23-8-11-5-6-12(24-10(3)18)13(7-11)22-4/h5-7,9,14H,8H2,1-4H3,(H,17,21)(H,19,20). The minimum absolute atomic E-state index is 0.0903. The summed E-state index contributed by atoms with van der Waals surface area (Å²) < 4.78 is 15.1. The van der Waals surface area contributed by atoms with Crippen LogP contribution in [0.2, 0.25) is 0 Å². The Morgan fingerprint density at radius 2 is 1.88 bits per heavy atom. The van der Waals surface area contributed by atoms with Crippen LogP contribution < -0.4 is 14.8 Å². The van der Waals surface area contributed by atoms with Crippen LogP contribution in [0.3, 0.4) is 0 Å². The highest BCUT2D eigenvalue weighted by molar-refractivity contribution is 5.80. The maximum Gasteiger partial charge on any atom is 0.408 e. The molecule has 132 valence electrons. The van der Waals surface area contributed by atoms with Gasteiger partial charge in [-0.25, -0.2) is 9.59 Å². The number of benzene rings is 1. The molecule has 24 heavy (non-hydrogen) atoms. The van der Waals surface area contributed by atoms with Gasteiger partial charge in [-0.2, -0.15) is 0 Å². The van der Waals surface area contributed by atoms with Gasteiger partial charge in [0.15, 0.2) is 11.5 Å². The first-order valence-electron chi connectivity index (χ1n) is 7.26. The Morgan fingerprint density at radius 3 is 2.38 bits per heavy atom. The van der Waals surface area contributed by atoms with Crippen molar-refractivity contribution in [3.05, 3.63) is 23.8 Å². The van der Waals surface area contributed by atoms with Crippen LogP contribution >= 0.6 is 0 Å². The van der Waals surface area contributed by atoms with Crippen molar-refractivity contribution in [2.75, 3.05) is 7.11 Å². The summed E-state index contributed by atoms with van der Waals surface area (Å²) in [7, 11) is 1.42. The third-order valence-electron chi connectivity index (χ3n) is 3.06. The largest absolute Gasteiger partial charge is 0.493 e. The number of amides is 1. The second-order valence-electron chi connectivity index (χ2n) is 5.36. The minimum Gasteiger partial charge on any atom is -0.493 e. The molecule has 1 amide bonds. The quantitative estimate of drug-likeness (QED) is 0.577. The number of carboxylic acid groups (broad SMARTS) is 1. The van der Waals surface area contributed by atoms with Crippen LogP contribution in [0.15, 0.2) is 18.2 Å². The first-order valence-corrected chi connectivity index (χ1v) is 7.26. The van der Waals surface area contributed by atoms with Gasteiger partial charge in [0.2, 0.25) is 0 Å². The summed E-state index contributed by atoms with van der Waals surface area (Å²) >= 11 is 0. The number of esters is 1. The maximum atomic E-state index is 11.7. The molecule has 0 aliphatic rings. The van der Waals surface area contributed by atoms with Crippen molar-refractivity contribution in [2.45, 2.75) is 33.4 Å². The van der Waals surface area contributed by atoms with Gasteiger partial charge in [-0.05, 0) is 23.6 Å². The van der Waals surface area contributed by atoms with Crippen LogP contribution in [0.4, 0.5) is 4.79 Å². The van der Waals surface area contributed by atoms with Gasteiger partial charge in [-0.1, -0.05) is 19.9 Å². The molecule has 8 heteroatoms. The second-order valence-corrected chi connectivity index (χ2v) is 5.36. The number of hydrogen-bond donors (Lipinski definition) is 2. The molecular weight excluding hydrogens is 318 g/mol. The molecule has 0 radical (unpaired) electrons. The van der Waals surface area contributed by atoms with Crippen LogP contribution in [-0.4, -0.2) is 36.3 Å². The first kappa shape index (κ1) is 19.3. The van der Waals surface area contributed by atoms with E-state index in [0.29, 0.717) is 11.3 Å². The Labute approximate surface area is 139 Å². The highest BCUT2D eigenvalue weighted by Crippen LogP contribution is 2.28. The SMILES string of the molecule is COc1cc(COC(=O)NC(C(=O)O)C(C)C)ccc1OC(C)=O. The number of hydrogen-bond acceptors (Lipinski definition) is 6. The Hall–Kier alpha value is -2.77. The molecule has 0 heterocycles. The molecule has 1 aromatic carbocycles. The van der Waals surface area contributed by atoms with Crippen molar-refractivity contribution < 1.29 is 33.7 Å². The third-order valence-corrected chi connectivity index (χ3v) is 3.06. The Bertz CT molecular complexity index is 612. The van der Waals surface area contributed by atoms with Crippen molar-refractivity contribution in [2.24, 2.45) is 5.92 Å². The molecule has 0 bridgehead atoms. The fraction of sp³-hybridized carbons (Fsp3) is 0.438. The molecule has 1 atom stereocenters. The highest BCUT2D eigenvalue weighted by Gasteiger charge is 2.24. The van der Waals surface area contributed by atoms with Gasteiger partial charge in [0.1, 0.15) is 12.6 Å². The lowest BCUT2D eigenvalue weighted by Crippen LogP contribution is -2.44. The summed E-state index contributed by atoms with van der Waals surface area (Å²) in [5.74, 6) is -1.32. The van der Waals surface area contributed by atoms with E-state index in [1.54, 1.807) is 26.0 Å². The predicted molar refractivity (Wildman–Crippen MR) is 83.9 cm³/mol. The summed E-state index contributed by atoms with van der Waals surface area (Å²) in [6.07, 6.45) is -0.834. The molecule has 1 rings (SSSR count). The number of carbonyl (C=O) groups is 3. The van der Waals surface area contributed by atoms with E-state index in [1.807, 2.05) is 0 Å². The molecule has 0 spiro atoms. The van der Waals surface area contributed by atoms with Gasteiger partial charge in [0.25, 0.3) is 0 Å². The number of aliphatic carboxylic acids is 1. The van der Waals surface area contributed by atoms with Gasteiger partial charge in [-0.15, -0.1) is 0 Å². The topological polar surface area (TPSA) is 111 Å². The highest BCUT2D eigenvalue weighted by atomic mass is 16.6. The Balaban J connectivity index is 2.68. The van der Waals surface area contributed by atoms with Gasteiger partial charge < -0.3 is 24.6 Å². The van der Waals surface area contributed by atoms with Gasteiger partial charge in [0.05, 0.1) is 7.11 Å². The summed E-state index contributed by atoms with van der Waals surface area (Å²) in [6.45, 7) is 4.54. The molecule has 0 aromatic heterocycles. The molecule has 8 nitrogen and oxygen atoms in total. The summed E-state index contributed by atoms with van der Waals surface area (Å²) in [6, 6.07) is 3.65. The fourth-order valence-corrected chi connectivity index (χ4v) is 1.87. The van der Waals surface area contributed by atoms with E-state index in [1.165, 1.54) is 20.1 Å². The zero-order valence-electron chi connectivity index (χ0n) is 14.0. The fourth-order valence-electron chi connectivity index (χ4n) is 1.87. The van der Waals surface area contributed by atoms with Crippen molar-refractivity contribution in [1.82, 2.24) is 5.32 Å². The molecular formula is C16H21NO7. The lowest BCUT2D eigenvalue weighted by Gasteiger charge is -2.17. The second kappa shape index (κ2) is 8.76. The first-order chi connectivity index (χ1) is 11.2. The van der Waals surface area contributed by atoms with Crippen molar-refractivity contribution in [1.29, 1.82) is 0 Å². The van der Waals surface area contributed by atoms with Crippen LogP contribution in [0, 0.1) is 5.92 Å². The average molecular weight is 339 g/mol. The number of methoxy groups -OCH3 is 1.